The molecule has 0 aromatic heterocycles. The summed E-state index contributed by atoms with van der Waals surface area (Å²) in [7, 11) is 0. The van der Waals surface area contributed by atoms with E-state index in [0.29, 0.717) is 35.4 Å². The molecule has 3 rings (SSSR count). The highest BCUT2D eigenvalue weighted by Crippen LogP contribution is 2.21. The molecule has 1 aliphatic heterocycles. The molecule has 1 saturated heterocycles. The first kappa shape index (κ1) is 21.6. The number of nitrogens with zero attached hydrogens (tertiary/aromatic N) is 1. The summed E-state index contributed by atoms with van der Waals surface area (Å²) in [5, 5.41) is 11.1. The summed E-state index contributed by atoms with van der Waals surface area (Å²) in [6.07, 6.45) is 1.57. The highest BCUT2D eigenvalue weighted by atomic mass is 35.5. The number of rotatable bonds is 9. The maximum atomic E-state index is 11.7. The zero-order chi connectivity index (χ0) is 20.6. The van der Waals surface area contributed by atoms with Gasteiger partial charge in [0.2, 0.25) is 0 Å². The molecule has 0 radical (unpaired) electrons. The van der Waals surface area contributed by atoms with Gasteiger partial charge in [-0.15, -0.1) is 0 Å². The van der Waals surface area contributed by atoms with Gasteiger partial charge in [0.1, 0.15) is 24.2 Å². The largest absolute Gasteiger partial charge is 0.493 e. The first-order valence-corrected chi connectivity index (χ1v) is 10.4. The highest BCUT2D eigenvalue weighted by Gasteiger charge is 2.23. The Balaban J connectivity index is 1.43. The topological polar surface area (TPSA) is 59.0 Å². The molecule has 156 valence electrons. The molecule has 2 unspecified atom stereocenters. The SMILES string of the molecule is CC(=O)c1ccccc1OCC(O)CN1CCCC(COc2ccc(Cl)cc2)C1. The lowest BCUT2D eigenvalue weighted by Gasteiger charge is -2.33. The average Bonchev–Trinajstić information content (AvgIpc) is 2.72. The number of para-hydroxylation sites is 1. The lowest BCUT2D eigenvalue weighted by Crippen LogP contribution is -2.43. The quantitative estimate of drug-likeness (QED) is 0.623. The Morgan fingerprint density at radius 3 is 2.72 bits per heavy atom. The number of aliphatic hydroxyl groups is 1. The molecular weight excluding hydrogens is 390 g/mol. The number of carbonyl (C=O) groups excluding carboxylic acids is 1. The van der Waals surface area contributed by atoms with Crippen molar-refractivity contribution in [3.63, 3.8) is 0 Å². The van der Waals surface area contributed by atoms with E-state index in [1.165, 1.54) is 6.92 Å². The van der Waals surface area contributed by atoms with Crippen molar-refractivity contribution in [3.8, 4) is 11.5 Å². The predicted octanol–water partition coefficient (Wildman–Crippen LogP) is 4.07. The molecule has 2 aromatic rings. The van der Waals surface area contributed by atoms with Crippen LogP contribution in [0.15, 0.2) is 48.5 Å². The number of ketones is 1. The van der Waals surface area contributed by atoms with Crippen molar-refractivity contribution in [2.75, 3.05) is 32.8 Å². The fourth-order valence-electron chi connectivity index (χ4n) is 3.62. The lowest BCUT2D eigenvalue weighted by molar-refractivity contribution is 0.0448. The van der Waals surface area contributed by atoms with Crippen LogP contribution in [-0.4, -0.2) is 54.7 Å². The van der Waals surface area contributed by atoms with Crippen LogP contribution in [0.4, 0.5) is 0 Å². The first-order valence-electron chi connectivity index (χ1n) is 10.0. The molecule has 5 nitrogen and oxygen atoms in total. The Bertz CT molecular complexity index is 796. The second-order valence-electron chi connectivity index (χ2n) is 7.55. The van der Waals surface area contributed by atoms with Crippen molar-refractivity contribution in [2.24, 2.45) is 5.92 Å². The van der Waals surface area contributed by atoms with Gasteiger partial charge in [-0.25, -0.2) is 0 Å². The Hall–Kier alpha value is -2.08. The number of carbonyl (C=O) groups is 1. The minimum Gasteiger partial charge on any atom is -0.493 e. The third kappa shape index (κ3) is 6.74. The smallest absolute Gasteiger partial charge is 0.163 e. The molecule has 1 heterocycles. The molecule has 0 saturated carbocycles. The molecule has 1 fully saturated rings. The van der Waals surface area contributed by atoms with E-state index in [4.69, 9.17) is 21.1 Å². The van der Waals surface area contributed by atoms with E-state index in [-0.39, 0.29) is 12.4 Å². The number of hydrogen-bond acceptors (Lipinski definition) is 5. The van der Waals surface area contributed by atoms with Crippen molar-refractivity contribution < 1.29 is 19.4 Å². The zero-order valence-electron chi connectivity index (χ0n) is 16.7. The first-order chi connectivity index (χ1) is 14.0. The fourth-order valence-corrected chi connectivity index (χ4v) is 3.74. The van der Waals surface area contributed by atoms with Gasteiger partial charge in [-0.2, -0.15) is 0 Å². The molecule has 0 spiro atoms. The van der Waals surface area contributed by atoms with Crippen molar-refractivity contribution in [1.82, 2.24) is 4.90 Å². The van der Waals surface area contributed by atoms with Crippen molar-refractivity contribution in [3.05, 3.63) is 59.1 Å². The molecular formula is C23H28ClNO4. The predicted molar refractivity (Wildman–Crippen MR) is 114 cm³/mol. The fraction of sp³-hybridized carbons (Fsp3) is 0.435. The number of hydrogen-bond donors (Lipinski definition) is 1. The van der Waals surface area contributed by atoms with Gasteiger partial charge in [0.25, 0.3) is 0 Å². The van der Waals surface area contributed by atoms with Crippen molar-refractivity contribution in [1.29, 1.82) is 0 Å². The number of β-amino-alcohol motifs (C(OH)–C–C–N with tert-alkyl or cyclic N) is 1. The van der Waals surface area contributed by atoms with E-state index >= 15 is 0 Å². The third-order valence-electron chi connectivity index (χ3n) is 5.07. The van der Waals surface area contributed by atoms with Crippen LogP contribution in [0.5, 0.6) is 11.5 Å². The second-order valence-corrected chi connectivity index (χ2v) is 7.99. The summed E-state index contributed by atoms with van der Waals surface area (Å²) in [5.74, 6) is 1.72. The van der Waals surface area contributed by atoms with Crippen LogP contribution in [0.25, 0.3) is 0 Å². The van der Waals surface area contributed by atoms with E-state index in [9.17, 15) is 9.90 Å². The Morgan fingerprint density at radius 2 is 1.97 bits per heavy atom. The van der Waals surface area contributed by atoms with E-state index in [1.807, 2.05) is 30.3 Å². The van der Waals surface area contributed by atoms with E-state index in [0.717, 1.165) is 31.7 Å². The molecule has 1 N–H and O–H groups in total. The number of likely N-dealkylation sites (tertiary alicyclic amines) is 1. The van der Waals surface area contributed by atoms with Crippen molar-refractivity contribution in [2.45, 2.75) is 25.9 Å². The van der Waals surface area contributed by atoms with Crippen LogP contribution in [0.2, 0.25) is 5.02 Å². The minimum atomic E-state index is -0.619. The number of aliphatic hydroxyl groups excluding tert-OH is 1. The lowest BCUT2D eigenvalue weighted by atomic mass is 9.98. The summed E-state index contributed by atoms with van der Waals surface area (Å²) < 4.78 is 11.6. The van der Waals surface area contributed by atoms with Gasteiger partial charge in [-0.1, -0.05) is 23.7 Å². The highest BCUT2D eigenvalue weighted by molar-refractivity contribution is 6.30. The number of piperidine rings is 1. The maximum Gasteiger partial charge on any atom is 0.163 e. The molecule has 0 bridgehead atoms. The molecule has 1 aliphatic rings. The molecule has 6 heteroatoms. The molecule has 2 atom stereocenters. The molecule has 0 aliphatic carbocycles. The van der Waals surface area contributed by atoms with Gasteiger partial charge < -0.3 is 19.5 Å². The number of halogens is 1. The normalized spacial score (nSPS) is 18.2. The van der Waals surface area contributed by atoms with Crippen LogP contribution in [-0.2, 0) is 0 Å². The van der Waals surface area contributed by atoms with Gasteiger partial charge >= 0.3 is 0 Å². The van der Waals surface area contributed by atoms with Gasteiger partial charge in [0.15, 0.2) is 5.78 Å². The second kappa shape index (κ2) is 10.6. The van der Waals surface area contributed by atoms with Gasteiger partial charge in [-0.3, -0.25) is 4.79 Å². The van der Waals surface area contributed by atoms with Crippen LogP contribution in [0.3, 0.4) is 0 Å². The third-order valence-corrected chi connectivity index (χ3v) is 5.32. The van der Waals surface area contributed by atoms with Gasteiger partial charge in [0.05, 0.1) is 12.2 Å². The Labute approximate surface area is 177 Å². The van der Waals surface area contributed by atoms with E-state index in [2.05, 4.69) is 4.90 Å². The Kier molecular flexibility index (Phi) is 7.92. The minimum absolute atomic E-state index is 0.0466. The average molecular weight is 418 g/mol. The van der Waals surface area contributed by atoms with Crippen molar-refractivity contribution >= 4 is 17.4 Å². The monoisotopic (exact) mass is 417 g/mol. The molecule has 29 heavy (non-hydrogen) atoms. The summed E-state index contributed by atoms with van der Waals surface area (Å²) in [6.45, 7) is 4.70. The number of benzene rings is 2. The summed E-state index contributed by atoms with van der Waals surface area (Å²) in [5.41, 5.74) is 0.539. The van der Waals surface area contributed by atoms with Crippen LogP contribution >= 0.6 is 11.6 Å². The molecule has 2 aromatic carbocycles. The van der Waals surface area contributed by atoms with Gasteiger partial charge in [-0.05, 0) is 62.7 Å². The Morgan fingerprint density at radius 1 is 1.21 bits per heavy atom. The zero-order valence-corrected chi connectivity index (χ0v) is 17.5. The standard InChI is InChI=1S/C23H28ClNO4/c1-17(26)22-6-2-3-7-23(22)29-16-20(27)14-25-12-4-5-18(13-25)15-28-21-10-8-19(24)9-11-21/h2-3,6-11,18,20,27H,4-5,12-16H2,1H3. The number of Topliss-reactive ketones (excluding diaryl/α,β-unsaturated/α-hetero) is 1. The summed E-state index contributed by atoms with van der Waals surface area (Å²) in [6, 6.07) is 14.5. The number of ether oxygens (including phenoxy) is 2. The van der Waals surface area contributed by atoms with E-state index in [1.54, 1.807) is 18.2 Å². The van der Waals surface area contributed by atoms with Crippen LogP contribution in [0.1, 0.15) is 30.1 Å². The summed E-state index contributed by atoms with van der Waals surface area (Å²) >= 11 is 5.90. The van der Waals surface area contributed by atoms with Gasteiger partial charge in [0, 0.05) is 24.0 Å². The van der Waals surface area contributed by atoms with Crippen LogP contribution in [0, 0.1) is 5.92 Å². The van der Waals surface area contributed by atoms with Crippen LogP contribution < -0.4 is 9.47 Å². The maximum absolute atomic E-state index is 11.7. The summed E-state index contributed by atoms with van der Waals surface area (Å²) in [4.78, 5) is 13.9. The van der Waals surface area contributed by atoms with E-state index < -0.39 is 6.10 Å². The molecule has 0 amide bonds.